The smallest absolute Gasteiger partial charge is 0.257 e. The van der Waals surface area contributed by atoms with Crippen LogP contribution in [0.3, 0.4) is 0 Å². The third kappa shape index (κ3) is 2.67. The highest BCUT2D eigenvalue weighted by Crippen LogP contribution is 2.28. The Morgan fingerprint density at radius 2 is 2.14 bits per heavy atom. The van der Waals surface area contributed by atoms with Crippen LogP contribution >= 0.6 is 15.9 Å². The average molecular weight is 349 g/mol. The van der Waals surface area contributed by atoms with Crippen molar-refractivity contribution >= 4 is 26.8 Å². The van der Waals surface area contributed by atoms with Crippen molar-refractivity contribution in [1.82, 2.24) is 15.1 Å². The van der Waals surface area contributed by atoms with Crippen LogP contribution in [0.1, 0.15) is 12.0 Å². The zero-order chi connectivity index (χ0) is 14.8. The molecule has 2 N–H and O–H groups in total. The van der Waals surface area contributed by atoms with E-state index in [0.29, 0.717) is 17.4 Å². The van der Waals surface area contributed by atoms with E-state index in [9.17, 15) is 0 Å². The second-order valence-electron chi connectivity index (χ2n) is 4.43. The summed E-state index contributed by atoms with van der Waals surface area (Å²) in [5.74, 6) is 0.745. The van der Waals surface area contributed by atoms with Crippen LogP contribution in [0.15, 0.2) is 39.3 Å². The Balaban J connectivity index is 2.06. The van der Waals surface area contributed by atoms with Crippen molar-refractivity contribution in [2.75, 3.05) is 13.7 Å². The molecule has 1 unspecified atom stereocenters. The largest absolute Gasteiger partial charge is 0.370 e. The molecule has 108 valence electrons. The van der Waals surface area contributed by atoms with Gasteiger partial charge in [0.25, 0.3) is 5.89 Å². The molecule has 0 spiro atoms. The predicted molar refractivity (Wildman–Crippen MR) is 81.5 cm³/mol. The lowest BCUT2D eigenvalue weighted by Crippen LogP contribution is -2.14. The summed E-state index contributed by atoms with van der Waals surface area (Å²) < 4.78 is 11.2. The Morgan fingerprint density at radius 3 is 2.90 bits per heavy atom. The van der Waals surface area contributed by atoms with Gasteiger partial charge in [-0.25, -0.2) is 4.98 Å². The number of nitrogens with zero attached hydrogens (tertiary/aromatic N) is 3. The van der Waals surface area contributed by atoms with Crippen LogP contribution in [0, 0.1) is 0 Å². The summed E-state index contributed by atoms with van der Waals surface area (Å²) in [5.41, 5.74) is 7.08. The van der Waals surface area contributed by atoms with E-state index in [4.69, 9.17) is 15.0 Å². The minimum Gasteiger partial charge on any atom is -0.370 e. The van der Waals surface area contributed by atoms with E-state index in [1.807, 2.05) is 30.3 Å². The molecule has 0 aliphatic rings. The lowest BCUT2D eigenvalue weighted by atomic mass is 10.2. The van der Waals surface area contributed by atoms with Gasteiger partial charge in [-0.2, -0.15) is 4.98 Å². The fraction of sp³-hybridized carbons (Fsp3) is 0.214. The fourth-order valence-electron chi connectivity index (χ4n) is 2.01. The number of aromatic nitrogens is 3. The van der Waals surface area contributed by atoms with Crippen LogP contribution in [-0.4, -0.2) is 28.8 Å². The number of nitrogens with two attached hydrogens (primary N) is 1. The van der Waals surface area contributed by atoms with Crippen LogP contribution in [0.2, 0.25) is 0 Å². The maximum atomic E-state index is 5.59. The van der Waals surface area contributed by atoms with E-state index < -0.39 is 6.10 Å². The van der Waals surface area contributed by atoms with E-state index in [1.165, 1.54) is 0 Å². The van der Waals surface area contributed by atoms with E-state index in [0.717, 1.165) is 15.4 Å². The standard InChI is InChI=1S/C14H13BrN4O2/c1-20-11(7-16)14-18-13(19-21-14)12-9(15)6-8-4-2-3-5-10(8)17-12/h2-6,11H,7,16H2,1H3. The van der Waals surface area contributed by atoms with Gasteiger partial charge in [-0.3, -0.25) is 0 Å². The molecule has 21 heavy (non-hydrogen) atoms. The van der Waals surface area contributed by atoms with Gasteiger partial charge in [-0.15, -0.1) is 0 Å². The number of hydrogen-bond donors (Lipinski definition) is 1. The van der Waals surface area contributed by atoms with E-state index >= 15 is 0 Å². The first-order valence-corrected chi connectivity index (χ1v) is 7.14. The molecule has 0 aliphatic carbocycles. The molecule has 7 heteroatoms. The van der Waals surface area contributed by atoms with Crippen LogP contribution in [0.25, 0.3) is 22.4 Å². The Morgan fingerprint density at radius 1 is 1.33 bits per heavy atom. The Labute approximate surface area is 129 Å². The predicted octanol–water partition coefficient (Wildman–Crippen LogP) is 2.69. The molecular weight excluding hydrogens is 336 g/mol. The van der Waals surface area contributed by atoms with Gasteiger partial charge in [-0.05, 0) is 28.1 Å². The molecule has 6 nitrogen and oxygen atoms in total. The van der Waals surface area contributed by atoms with E-state index in [1.54, 1.807) is 7.11 Å². The number of ether oxygens (including phenoxy) is 1. The highest BCUT2D eigenvalue weighted by Gasteiger charge is 2.19. The maximum absolute atomic E-state index is 5.59. The van der Waals surface area contributed by atoms with Gasteiger partial charge >= 0.3 is 0 Å². The van der Waals surface area contributed by atoms with Crippen molar-refractivity contribution in [2.45, 2.75) is 6.10 Å². The number of halogens is 1. The second-order valence-corrected chi connectivity index (χ2v) is 5.28. The normalized spacial score (nSPS) is 12.7. The Bertz CT molecular complexity index is 771. The van der Waals surface area contributed by atoms with Crippen molar-refractivity contribution in [3.8, 4) is 11.5 Å². The molecule has 3 aromatic rings. The number of methoxy groups -OCH3 is 1. The highest BCUT2D eigenvalue weighted by molar-refractivity contribution is 9.10. The summed E-state index contributed by atoms with van der Waals surface area (Å²) in [5, 5.41) is 4.99. The topological polar surface area (TPSA) is 87.1 Å². The summed E-state index contributed by atoms with van der Waals surface area (Å²) >= 11 is 3.49. The molecule has 0 amide bonds. The summed E-state index contributed by atoms with van der Waals surface area (Å²) in [4.78, 5) is 8.88. The molecule has 0 saturated carbocycles. The highest BCUT2D eigenvalue weighted by atomic mass is 79.9. The van der Waals surface area contributed by atoms with Gasteiger partial charge in [0.15, 0.2) is 0 Å². The molecule has 0 radical (unpaired) electrons. The molecule has 3 rings (SSSR count). The summed E-state index contributed by atoms with van der Waals surface area (Å²) in [6, 6.07) is 9.81. The van der Waals surface area contributed by atoms with Gasteiger partial charge in [0.2, 0.25) is 5.82 Å². The number of benzene rings is 1. The molecule has 1 atom stereocenters. The number of para-hydroxylation sites is 1. The fourth-order valence-corrected chi connectivity index (χ4v) is 2.52. The molecule has 2 heterocycles. The maximum Gasteiger partial charge on any atom is 0.257 e. The summed E-state index contributed by atoms with van der Waals surface area (Å²) in [6.45, 7) is 0.268. The van der Waals surface area contributed by atoms with E-state index in [-0.39, 0.29) is 6.54 Å². The van der Waals surface area contributed by atoms with Crippen LogP contribution in [0.4, 0.5) is 0 Å². The first kappa shape index (κ1) is 14.1. The molecule has 0 aliphatic heterocycles. The second kappa shape index (κ2) is 5.88. The van der Waals surface area contributed by atoms with Gasteiger partial charge in [0, 0.05) is 23.5 Å². The monoisotopic (exact) mass is 348 g/mol. The Hall–Kier alpha value is -1.83. The lowest BCUT2D eigenvalue weighted by molar-refractivity contribution is 0.0804. The van der Waals surface area contributed by atoms with Crippen molar-refractivity contribution in [3.05, 3.63) is 40.7 Å². The SMILES string of the molecule is COC(CN)c1nc(-c2nc3ccccc3cc2Br)no1. The van der Waals surface area contributed by atoms with Gasteiger partial charge in [0.05, 0.1) is 5.52 Å². The zero-order valence-corrected chi connectivity index (χ0v) is 12.9. The van der Waals surface area contributed by atoms with Crippen LogP contribution in [-0.2, 0) is 4.74 Å². The van der Waals surface area contributed by atoms with Crippen molar-refractivity contribution in [3.63, 3.8) is 0 Å². The minimum absolute atomic E-state index is 0.268. The van der Waals surface area contributed by atoms with E-state index in [2.05, 4.69) is 31.1 Å². The number of pyridine rings is 1. The number of hydrogen-bond acceptors (Lipinski definition) is 6. The first-order valence-electron chi connectivity index (χ1n) is 6.35. The Kier molecular flexibility index (Phi) is 3.96. The summed E-state index contributed by atoms with van der Waals surface area (Å²) in [7, 11) is 1.55. The first-order chi connectivity index (χ1) is 10.2. The number of fused-ring (bicyclic) bond motifs is 1. The minimum atomic E-state index is -0.412. The third-order valence-electron chi connectivity index (χ3n) is 3.11. The van der Waals surface area contributed by atoms with Crippen LogP contribution < -0.4 is 5.73 Å². The van der Waals surface area contributed by atoms with Gasteiger partial charge in [-0.1, -0.05) is 23.4 Å². The van der Waals surface area contributed by atoms with Gasteiger partial charge < -0.3 is 15.0 Å². The molecule has 1 aromatic carbocycles. The number of rotatable bonds is 4. The molecular formula is C14H13BrN4O2. The van der Waals surface area contributed by atoms with Crippen molar-refractivity contribution < 1.29 is 9.26 Å². The zero-order valence-electron chi connectivity index (χ0n) is 11.3. The third-order valence-corrected chi connectivity index (χ3v) is 3.71. The van der Waals surface area contributed by atoms with Crippen molar-refractivity contribution in [1.29, 1.82) is 0 Å². The summed E-state index contributed by atoms with van der Waals surface area (Å²) in [6.07, 6.45) is -0.412. The molecule has 2 aromatic heterocycles. The van der Waals surface area contributed by atoms with Crippen LogP contribution in [0.5, 0.6) is 0 Å². The molecule has 0 bridgehead atoms. The average Bonchev–Trinajstić information content (AvgIpc) is 2.97. The molecule has 0 saturated heterocycles. The molecule has 0 fully saturated rings. The lowest BCUT2D eigenvalue weighted by Gasteiger charge is -2.05. The van der Waals surface area contributed by atoms with Gasteiger partial charge in [0.1, 0.15) is 11.8 Å². The quantitative estimate of drug-likeness (QED) is 0.779. The van der Waals surface area contributed by atoms with Crippen molar-refractivity contribution in [2.24, 2.45) is 5.73 Å².